The molecule has 1 fully saturated rings. The second-order valence-corrected chi connectivity index (χ2v) is 7.12. The highest BCUT2D eigenvalue weighted by Crippen LogP contribution is 2.30. The van der Waals surface area contributed by atoms with Gasteiger partial charge < -0.3 is 10.5 Å². The molecule has 1 aliphatic rings. The summed E-state index contributed by atoms with van der Waals surface area (Å²) in [7, 11) is 0. The molecule has 0 bridgehead atoms. The number of anilines is 1. The molecule has 0 amide bonds. The molecular formula is C16H27N3O. The van der Waals surface area contributed by atoms with Gasteiger partial charge in [0, 0.05) is 5.41 Å². The van der Waals surface area contributed by atoms with Crippen molar-refractivity contribution in [2.75, 3.05) is 5.73 Å². The van der Waals surface area contributed by atoms with Crippen LogP contribution in [0.2, 0.25) is 0 Å². The lowest BCUT2D eigenvalue weighted by atomic mass is 9.89. The van der Waals surface area contributed by atoms with Crippen molar-refractivity contribution in [1.82, 2.24) is 9.97 Å². The Balaban J connectivity index is 2.24. The molecule has 0 aliphatic heterocycles. The number of nitrogen functional groups attached to an aromatic ring is 1. The van der Waals surface area contributed by atoms with E-state index in [4.69, 9.17) is 10.5 Å². The summed E-state index contributed by atoms with van der Waals surface area (Å²) >= 11 is 0. The highest BCUT2D eigenvalue weighted by Gasteiger charge is 2.24. The third kappa shape index (κ3) is 3.41. The quantitative estimate of drug-likeness (QED) is 0.896. The highest BCUT2D eigenvalue weighted by atomic mass is 16.5. The van der Waals surface area contributed by atoms with Gasteiger partial charge >= 0.3 is 0 Å². The van der Waals surface area contributed by atoms with E-state index in [2.05, 4.69) is 37.7 Å². The highest BCUT2D eigenvalue weighted by molar-refractivity contribution is 5.45. The van der Waals surface area contributed by atoms with Crippen LogP contribution in [0.15, 0.2) is 0 Å². The van der Waals surface area contributed by atoms with Crippen molar-refractivity contribution in [1.29, 1.82) is 0 Å². The van der Waals surface area contributed by atoms with Crippen molar-refractivity contribution in [3.63, 3.8) is 0 Å². The van der Waals surface area contributed by atoms with Crippen LogP contribution in [0, 0.1) is 12.8 Å². The molecule has 2 unspecified atom stereocenters. The second-order valence-electron chi connectivity index (χ2n) is 7.12. The molecule has 2 N–H and O–H groups in total. The Morgan fingerprint density at radius 2 is 1.90 bits per heavy atom. The molecule has 0 spiro atoms. The van der Waals surface area contributed by atoms with E-state index in [1.165, 1.54) is 12.8 Å². The summed E-state index contributed by atoms with van der Waals surface area (Å²) < 4.78 is 6.14. The van der Waals surface area contributed by atoms with Crippen molar-refractivity contribution >= 4 is 5.82 Å². The lowest BCUT2D eigenvalue weighted by molar-refractivity contribution is 0.122. The van der Waals surface area contributed by atoms with Crippen molar-refractivity contribution < 1.29 is 4.74 Å². The third-order valence-electron chi connectivity index (χ3n) is 3.98. The van der Waals surface area contributed by atoms with E-state index >= 15 is 0 Å². The van der Waals surface area contributed by atoms with Crippen molar-refractivity contribution in [2.24, 2.45) is 5.92 Å². The standard InChI is InChI=1S/C16H27N3O/c1-10-7-6-8-12(9-10)20-14-11(2)13(17)18-15(19-14)16(3,4)5/h10,12H,6-9H2,1-5H3,(H2,17,18,19). The number of aromatic nitrogens is 2. The van der Waals surface area contributed by atoms with E-state index < -0.39 is 0 Å². The van der Waals surface area contributed by atoms with E-state index in [0.717, 1.165) is 30.1 Å². The Labute approximate surface area is 122 Å². The zero-order chi connectivity index (χ0) is 14.9. The predicted molar refractivity (Wildman–Crippen MR) is 81.9 cm³/mol. The molecule has 0 saturated heterocycles. The van der Waals surface area contributed by atoms with Crippen LogP contribution in [0.5, 0.6) is 5.88 Å². The lowest BCUT2D eigenvalue weighted by Gasteiger charge is -2.28. The molecule has 1 aliphatic carbocycles. The molecule has 2 atom stereocenters. The van der Waals surface area contributed by atoms with Gasteiger partial charge in [0.1, 0.15) is 17.7 Å². The number of hydrogen-bond acceptors (Lipinski definition) is 4. The van der Waals surface area contributed by atoms with Gasteiger partial charge in [-0.25, -0.2) is 4.98 Å². The van der Waals surface area contributed by atoms with Crippen LogP contribution in [0.1, 0.15) is 64.8 Å². The molecule has 1 saturated carbocycles. The first kappa shape index (κ1) is 15.1. The minimum atomic E-state index is -0.125. The maximum atomic E-state index is 6.14. The molecule has 0 aromatic carbocycles. The van der Waals surface area contributed by atoms with E-state index in [-0.39, 0.29) is 11.5 Å². The molecular weight excluding hydrogens is 250 g/mol. The lowest BCUT2D eigenvalue weighted by Crippen LogP contribution is -2.26. The molecule has 1 heterocycles. The van der Waals surface area contributed by atoms with Gasteiger partial charge in [0.2, 0.25) is 5.88 Å². The van der Waals surface area contributed by atoms with Crippen LogP contribution in [-0.4, -0.2) is 16.1 Å². The fraction of sp³-hybridized carbons (Fsp3) is 0.750. The maximum Gasteiger partial charge on any atom is 0.222 e. The monoisotopic (exact) mass is 277 g/mol. The van der Waals surface area contributed by atoms with Gasteiger partial charge in [-0.2, -0.15) is 4.98 Å². The summed E-state index contributed by atoms with van der Waals surface area (Å²) in [6.07, 6.45) is 5.02. The molecule has 1 aromatic rings. The summed E-state index contributed by atoms with van der Waals surface area (Å²) in [4.78, 5) is 9.01. The molecule has 2 rings (SSSR count). The van der Waals surface area contributed by atoms with Crippen LogP contribution < -0.4 is 10.5 Å². The van der Waals surface area contributed by atoms with Gasteiger partial charge in [0.15, 0.2) is 0 Å². The van der Waals surface area contributed by atoms with E-state index in [1.807, 2.05) is 6.92 Å². The van der Waals surface area contributed by atoms with Crippen molar-refractivity contribution in [2.45, 2.75) is 71.8 Å². The van der Waals surface area contributed by atoms with Gasteiger partial charge in [0.05, 0.1) is 5.56 Å². The van der Waals surface area contributed by atoms with Crippen molar-refractivity contribution in [3.05, 3.63) is 11.4 Å². The first-order valence-electron chi connectivity index (χ1n) is 7.58. The summed E-state index contributed by atoms with van der Waals surface area (Å²) in [5.41, 5.74) is 6.75. The molecule has 20 heavy (non-hydrogen) atoms. The normalized spacial score (nSPS) is 23.6. The molecule has 1 aromatic heterocycles. The van der Waals surface area contributed by atoms with Crippen LogP contribution in [-0.2, 0) is 5.41 Å². The minimum Gasteiger partial charge on any atom is -0.474 e. The van der Waals surface area contributed by atoms with E-state index in [0.29, 0.717) is 11.7 Å². The average molecular weight is 277 g/mol. The fourth-order valence-electron chi connectivity index (χ4n) is 2.61. The first-order chi connectivity index (χ1) is 9.27. The Bertz CT molecular complexity index is 479. The largest absolute Gasteiger partial charge is 0.474 e. The number of ether oxygens (including phenoxy) is 1. The van der Waals surface area contributed by atoms with E-state index in [1.54, 1.807) is 0 Å². The summed E-state index contributed by atoms with van der Waals surface area (Å²) in [5.74, 6) is 2.68. The fourth-order valence-corrected chi connectivity index (χ4v) is 2.61. The van der Waals surface area contributed by atoms with Crippen LogP contribution in [0.3, 0.4) is 0 Å². The Morgan fingerprint density at radius 1 is 1.20 bits per heavy atom. The number of rotatable bonds is 2. The van der Waals surface area contributed by atoms with Gasteiger partial charge in [-0.05, 0) is 32.1 Å². The molecule has 4 nitrogen and oxygen atoms in total. The van der Waals surface area contributed by atoms with Gasteiger partial charge in [-0.15, -0.1) is 0 Å². The van der Waals surface area contributed by atoms with Crippen molar-refractivity contribution in [3.8, 4) is 5.88 Å². The summed E-state index contributed by atoms with van der Waals surface area (Å²) in [5, 5.41) is 0. The summed E-state index contributed by atoms with van der Waals surface area (Å²) in [6, 6.07) is 0. The number of hydrogen-bond donors (Lipinski definition) is 1. The second kappa shape index (κ2) is 5.58. The first-order valence-corrected chi connectivity index (χ1v) is 7.58. The zero-order valence-electron chi connectivity index (χ0n) is 13.4. The topological polar surface area (TPSA) is 61.0 Å². The van der Waals surface area contributed by atoms with Crippen LogP contribution >= 0.6 is 0 Å². The Hall–Kier alpha value is -1.32. The van der Waals surface area contributed by atoms with Gasteiger partial charge in [-0.3, -0.25) is 0 Å². The minimum absolute atomic E-state index is 0.125. The number of nitrogens with two attached hydrogens (primary N) is 1. The smallest absolute Gasteiger partial charge is 0.222 e. The molecule has 112 valence electrons. The third-order valence-corrected chi connectivity index (χ3v) is 3.98. The zero-order valence-corrected chi connectivity index (χ0v) is 13.4. The molecule has 4 heteroatoms. The number of nitrogens with zero attached hydrogens (tertiary/aromatic N) is 2. The summed E-state index contributed by atoms with van der Waals surface area (Å²) in [6.45, 7) is 10.5. The molecule has 0 radical (unpaired) electrons. The Morgan fingerprint density at radius 3 is 2.50 bits per heavy atom. The SMILES string of the molecule is Cc1c(N)nc(C(C)(C)C)nc1OC1CCCC(C)C1. The van der Waals surface area contributed by atoms with Gasteiger partial charge in [0.25, 0.3) is 0 Å². The average Bonchev–Trinajstić information content (AvgIpc) is 2.33. The van der Waals surface area contributed by atoms with Crippen LogP contribution in [0.4, 0.5) is 5.82 Å². The Kier molecular flexibility index (Phi) is 4.21. The van der Waals surface area contributed by atoms with Gasteiger partial charge in [-0.1, -0.05) is 34.1 Å². The van der Waals surface area contributed by atoms with Crippen LogP contribution in [0.25, 0.3) is 0 Å². The predicted octanol–water partition coefficient (Wildman–Crippen LogP) is 3.62. The maximum absolute atomic E-state index is 6.14. The van der Waals surface area contributed by atoms with E-state index in [9.17, 15) is 0 Å².